The lowest BCUT2D eigenvalue weighted by molar-refractivity contribution is -0.143. The quantitative estimate of drug-likeness (QED) is 0.627. The Morgan fingerprint density at radius 2 is 2.00 bits per heavy atom. The third-order valence-electron chi connectivity index (χ3n) is 3.47. The molecule has 1 rings (SSSR count). The summed E-state index contributed by atoms with van der Waals surface area (Å²) in [5, 5.41) is 11.1. The van der Waals surface area contributed by atoms with Crippen LogP contribution < -0.4 is 0 Å². The molecule has 1 amide bonds. The zero-order chi connectivity index (χ0) is 16.9. The zero-order valence-electron chi connectivity index (χ0n) is 12.7. The van der Waals surface area contributed by atoms with E-state index in [-0.39, 0.29) is 12.2 Å². The van der Waals surface area contributed by atoms with Crippen molar-refractivity contribution in [1.29, 1.82) is 0 Å². The highest BCUT2D eigenvalue weighted by molar-refractivity contribution is 6.56. The van der Waals surface area contributed by atoms with Gasteiger partial charge in [-0.25, -0.2) is 0 Å². The number of nitrogens with zero attached hydrogens (tertiary/aromatic N) is 1. The Balaban J connectivity index is 2.96. The van der Waals surface area contributed by atoms with Gasteiger partial charge < -0.3 is 14.7 Å². The minimum absolute atomic E-state index is 0.194. The van der Waals surface area contributed by atoms with Crippen LogP contribution in [0, 0.1) is 0 Å². The van der Waals surface area contributed by atoms with E-state index in [2.05, 4.69) is 4.74 Å². The molecule has 1 unspecified atom stereocenters. The van der Waals surface area contributed by atoms with Crippen molar-refractivity contribution in [2.24, 2.45) is 0 Å². The summed E-state index contributed by atoms with van der Waals surface area (Å²) in [4.78, 5) is 24.4. The molecule has 1 aromatic rings. The number of carbonyl (C=O) groups is 2. The van der Waals surface area contributed by atoms with Crippen LogP contribution in [0.4, 0.5) is 4.79 Å². The van der Waals surface area contributed by atoms with Gasteiger partial charge in [0, 0.05) is 7.05 Å². The molecule has 22 heavy (non-hydrogen) atoms. The number of hydrogen-bond acceptors (Lipinski definition) is 4. The number of esters is 1. The van der Waals surface area contributed by atoms with Crippen molar-refractivity contribution >= 4 is 42.8 Å². The number of likely N-dealkylation sites (N-methyl/N-ethyl adjacent to an activating group) is 1. The highest BCUT2D eigenvalue weighted by Gasteiger charge is 2.27. The molecule has 0 fully saturated rings. The van der Waals surface area contributed by atoms with E-state index in [9.17, 15) is 14.7 Å². The van der Waals surface area contributed by atoms with Crippen molar-refractivity contribution in [3.63, 3.8) is 0 Å². The average Bonchev–Trinajstić information content (AvgIpc) is 2.47. The second kappa shape index (κ2) is 8.41. The van der Waals surface area contributed by atoms with Gasteiger partial charge in [-0.15, -0.1) is 0 Å². The van der Waals surface area contributed by atoms with Gasteiger partial charge in [0.1, 0.15) is 0 Å². The van der Waals surface area contributed by atoms with Crippen molar-refractivity contribution in [3.05, 3.63) is 33.8 Å². The smallest absolute Gasteiger partial charge is 0.308 e. The number of benzene rings is 1. The van der Waals surface area contributed by atoms with Gasteiger partial charge in [0.15, 0.2) is 5.81 Å². The van der Waals surface area contributed by atoms with Crippen LogP contribution in [-0.4, -0.2) is 55.9 Å². The summed E-state index contributed by atoms with van der Waals surface area (Å²) in [5.41, 5.74) is 0.802. The van der Waals surface area contributed by atoms with Gasteiger partial charge in [0.2, 0.25) is 7.85 Å². The molecule has 0 aliphatic heterocycles. The van der Waals surface area contributed by atoms with E-state index in [0.717, 1.165) is 5.56 Å². The Morgan fingerprint density at radius 3 is 2.50 bits per heavy atom. The third-order valence-corrected chi connectivity index (χ3v) is 4.21. The number of methoxy groups -OCH3 is 1. The molecular weight excluding hydrogens is 328 g/mol. The largest absolute Gasteiger partial charge is 0.469 e. The van der Waals surface area contributed by atoms with E-state index < -0.39 is 18.1 Å². The summed E-state index contributed by atoms with van der Waals surface area (Å²) < 4.78 is 4.56. The number of aliphatic hydroxyl groups excluding tert-OH is 1. The molecular formula is C14H18BCl2NO4. The number of halogens is 2. The molecule has 0 spiro atoms. The zero-order valence-corrected chi connectivity index (χ0v) is 14.2. The number of rotatable bonds is 6. The average molecular weight is 346 g/mol. The van der Waals surface area contributed by atoms with Gasteiger partial charge in [-0.3, -0.25) is 9.59 Å². The number of ether oxygens (including phenoxy) is 1. The molecule has 1 aromatic carbocycles. The molecule has 0 bridgehead atoms. The Labute approximate surface area is 140 Å². The molecule has 0 saturated carbocycles. The Morgan fingerprint density at radius 1 is 1.36 bits per heavy atom. The molecule has 1 N–H and O–H groups in total. The van der Waals surface area contributed by atoms with Crippen molar-refractivity contribution in [3.8, 4) is 0 Å². The first-order valence-corrected chi connectivity index (χ1v) is 7.44. The minimum atomic E-state index is -1.05. The fourth-order valence-electron chi connectivity index (χ4n) is 2.06. The monoisotopic (exact) mass is 345 g/mol. The standard InChI is InChI=1S/C14H18BCl2NO4/c1-18(14(15)21)11(12(19)7-13(20)22-2)6-8-3-4-9(16)10(17)5-8/h3-5,11-12,19H,6-7,15H2,1-2H3/t11-,12?/m1/s1. The van der Waals surface area contributed by atoms with Gasteiger partial charge in [-0.05, 0) is 24.1 Å². The van der Waals surface area contributed by atoms with E-state index in [1.165, 1.54) is 19.9 Å². The summed E-state index contributed by atoms with van der Waals surface area (Å²) >= 11 is 11.8. The van der Waals surface area contributed by atoms with Crippen LogP contribution in [0.3, 0.4) is 0 Å². The van der Waals surface area contributed by atoms with E-state index in [4.69, 9.17) is 23.2 Å². The van der Waals surface area contributed by atoms with Crippen LogP contribution in [0.2, 0.25) is 10.0 Å². The maximum absolute atomic E-state index is 11.6. The topological polar surface area (TPSA) is 66.8 Å². The molecule has 5 nitrogen and oxygen atoms in total. The fourth-order valence-corrected chi connectivity index (χ4v) is 2.38. The van der Waals surface area contributed by atoms with Crippen LogP contribution in [0.1, 0.15) is 12.0 Å². The predicted octanol–water partition coefficient (Wildman–Crippen LogP) is 1.51. The number of aliphatic hydroxyl groups is 1. The summed E-state index contributed by atoms with van der Waals surface area (Å²) in [7, 11) is 4.22. The highest BCUT2D eigenvalue weighted by atomic mass is 35.5. The summed E-state index contributed by atoms with van der Waals surface area (Å²) in [6, 6.07) is 4.51. The molecule has 0 saturated heterocycles. The lowest BCUT2D eigenvalue weighted by Gasteiger charge is -2.31. The van der Waals surface area contributed by atoms with Crippen LogP contribution in [0.25, 0.3) is 0 Å². The van der Waals surface area contributed by atoms with E-state index in [1.54, 1.807) is 25.2 Å². The molecule has 0 aliphatic carbocycles. The molecule has 0 heterocycles. The van der Waals surface area contributed by atoms with Crippen LogP contribution in [-0.2, 0) is 16.0 Å². The fraction of sp³-hybridized carbons (Fsp3) is 0.429. The lowest BCUT2D eigenvalue weighted by Crippen LogP contribution is -2.46. The summed E-state index contributed by atoms with van der Waals surface area (Å²) in [6.07, 6.45) is -0.901. The summed E-state index contributed by atoms with van der Waals surface area (Å²) in [5.74, 6) is -0.752. The number of amides is 1. The molecule has 2 atom stereocenters. The van der Waals surface area contributed by atoms with Gasteiger partial charge in [-0.1, -0.05) is 29.3 Å². The first kappa shape index (κ1) is 18.8. The first-order chi connectivity index (χ1) is 10.3. The molecule has 0 radical (unpaired) electrons. The lowest BCUT2D eigenvalue weighted by atomic mass is 9.95. The van der Waals surface area contributed by atoms with Crippen molar-refractivity contribution in [2.75, 3.05) is 14.2 Å². The van der Waals surface area contributed by atoms with E-state index in [0.29, 0.717) is 16.5 Å². The summed E-state index contributed by atoms with van der Waals surface area (Å²) in [6.45, 7) is 0. The molecule has 0 aliphatic rings. The maximum Gasteiger partial charge on any atom is 0.308 e. The number of hydrogen-bond donors (Lipinski definition) is 1. The molecule has 8 heteroatoms. The maximum atomic E-state index is 11.6. The normalized spacial score (nSPS) is 13.3. The Kier molecular flexibility index (Phi) is 7.19. The Bertz CT molecular complexity index is 556. The van der Waals surface area contributed by atoms with Crippen LogP contribution in [0.5, 0.6) is 0 Å². The van der Waals surface area contributed by atoms with Crippen LogP contribution in [0.15, 0.2) is 18.2 Å². The number of carbonyl (C=O) groups excluding carboxylic acids is 2. The molecule has 0 aromatic heterocycles. The van der Waals surface area contributed by atoms with Crippen LogP contribution >= 0.6 is 23.2 Å². The second-order valence-electron chi connectivity index (χ2n) is 5.00. The first-order valence-electron chi connectivity index (χ1n) is 6.68. The van der Waals surface area contributed by atoms with Gasteiger partial charge in [0.05, 0.1) is 35.7 Å². The second-order valence-corrected chi connectivity index (χ2v) is 5.81. The van der Waals surface area contributed by atoms with Gasteiger partial charge >= 0.3 is 5.97 Å². The van der Waals surface area contributed by atoms with Crippen molar-refractivity contribution in [1.82, 2.24) is 4.90 Å². The minimum Gasteiger partial charge on any atom is -0.469 e. The SMILES string of the molecule is BC(=O)N(C)[C@H](Cc1ccc(Cl)c(Cl)c1)C(O)CC(=O)OC. The predicted molar refractivity (Wildman–Crippen MR) is 88.3 cm³/mol. The van der Waals surface area contributed by atoms with E-state index in [1.807, 2.05) is 0 Å². The van der Waals surface area contributed by atoms with Gasteiger partial charge in [0.25, 0.3) is 0 Å². The van der Waals surface area contributed by atoms with E-state index >= 15 is 0 Å². The third kappa shape index (κ3) is 5.19. The Hall–Kier alpha value is -1.24. The van der Waals surface area contributed by atoms with Crippen molar-refractivity contribution in [2.45, 2.75) is 25.0 Å². The van der Waals surface area contributed by atoms with Gasteiger partial charge in [-0.2, -0.15) is 0 Å². The highest BCUT2D eigenvalue weighted by Crippen LogP contribution is 2.24. The molecule has 120 valence electrons. The van der Waals surface area contributed by atoms with Crippen molar-refractivity contribution < 1.29 is 19.4 Å².